The van der Waals surface area contributed by atoms with Crippen molar-refractivity contribution in [3.05, 3.63) is 58.5 Å². The van der Waals surface area contributed by atoms with Crippen LogP contribution in [-0.4, -0.2) is 41.7 Å². The summed E-state index contributed by atoms with van der Waals surface area (Å²) in [5.74, 6) is 0.595. The number of hydrogen-bond acceptors (Lipinski definition) is 6. The summed E-state index contributed by atoms with van der Waals surface area (Å²) in [5.41, 5.74) is 3.02. The van der Waals surface area contributed by atoms with Gasteiger partial charge in [0.2, 0.25) is 0 Å². The van der Waals surface area contributed by atoms with E-state index in [2.05, 4.69) is 25.0 Å². The molecule has 4 aromatic rings. The van der Waals surface area contributed by atoms with Crippen molar-refractivity contribution in [2.45, 2.75) is 13.1 Å². The van der Waals surface area contributed by atoms with Crippen LogP contribution in [0.2, 0.25) is 0 Å². The number of benzene rings is 1. The van der Waals surface area contributed by atoms with Crippen LogP contribution in [0.3, 0.4) is 0 Å². The molecule has 3 aromatic heterocycles. The fourth-order valence-corrected chi connectivity index (χ4v) is 2.81. The molecule has 8 nitrogen and oxygen atoms in total. The average molecular weight is 335 g/mol. The van der Waals surface area contributed by atoms with Gasteiger partial charge in [-0.05, 0) is 19.2 Å². The lowest BCUT2D eigenvalue weighted by Crippen LogP contribution is -2.22. The number of aromatic nitrogens is 6. The lowest BCUT2D eigenvalue weighted by molar-refractivity contribution is 0.307. The van der Waals surface area contributed by atoms with Gasteiger partial charge in [-0.3, -0.25) is 19.4 Å². The van der Waals surface area contributed by atoms with E-state index in [-0.39, 0.29) is 5.56 Å². The van der Waals surface area contributed by atoms with E-state index in [1.807, 2.05) is 36.2 Å². The lowest BCUT2D eigenvalue weighted by Gasteiger charge is -2.15. The summed E-state index contributed by atoms with van der Waals surface area (Å²) in [6, 6.07) is 7.77. The summed E-state index contributed by atoms with van der Waals surface area (Å²) in [6.45, 7) is 1.09. The summed E-state index contributed by atoms with van der Waals surface area (Å²) in [6.07, 6.45) is 3.30. The minimum Gasteiger partial charge on any atom is -0.309 e. The van der Waals surface area contributed by atoms with E-state index >= 15 is 0 Å². The number of H-pyrrole nitrogens is 1. The predicted octanol–water partition coefficient (Wildman–Crippen LogP) is 1.23. The molecule has 3 heterocycles. The van der Waals surface area contributed by atoms with E-state index in [4.69, 9.17) is 0 Å². The molecule has 1 aromatic carbocycles. The molecule has 0 spiro atoms. The molecule has 0 aliphatic heterocycles. The topological polar surface area (TPSA) is 92.6 Å². The highest BCUT2D eigenvalue weighted by Gasteiger charge is 2.10. The summed E-state index contributed by atoms with van der Waals surface area (Å²) in [5, 5.41) is 4.57. The Labute approximate surface area is 143 Å². The Balaban J connectivity index is 1.56. The van der Waals surface area contributed by atoms with Crippen molar-refractivity contribution in [2.75, 3.05) is 7.05 Å². The van der Waals surface area contributed by atoms with E-state index in [0.29, 0.717) is 29.9 Å². The molecule has 126 valence electrons. The van der Waals surface area contributed by atoms with Gasteiger partial charge in [0.15, 0.2) is 5.65 Å². The number of para-hydroxylation sites is 2. The van der Waals surface area contributed by atoms with Gasteiger partial charge in [0, 0.05) is 13.6 Å². The van der Waals surface area contributed by atoms with E-state index < -0.39 is 0 Å². The molecule has 0 aliphatic carbocycles. The Morgan fingerprint density at radius 3 is 2.76 bits per heavy atom. The molecule has 0 fully saturated rings. The molecule has 0 unspecified atom stereocenters. The Morgan fingerprint density at radius 2 is 1.92 bits per heavy atom. The van der Waals surface area contributed by atoms with Crippen LogP contribution >= 0.6 is 0 Å². The highest BCUT2D eigenvalue weighted by molar-refractivity contribution is 5.73. The molecule has 0 aliphatic rings. The summed E-state index contributed by atoms with van der Waals surface area (Å²) in [7, 11) is 3.72. The van der Waals surface area contributed by atoms with E-state index in [0.717, 1.165) is 16.7 Å². The Morgan fingerprint density at radius 1 is 1.12 bits per heavy atom. The highest BCUT2D eigenvalue weighted by Crippen LogP contribution is 2.11. The first kappa shape index (κ1) is 15.4. The average Bonchev–Trinajstić information content (AvgIpc) is 2.96. The number of fused-ring (bicyclic) bond motifs is 2. The quantitative estimate of drug-likeness (QED) is 0.603. The van der Waals surface area contributed by atoms with Gasteiger partial charge in [-0.25, -0.2) is 9.97 Å². The molecule has 0 amide bonds. The summed E-state index contributed by atoms with van der Waals surface area (Å²) in [4.78, 5) is 30.5. The number of hydrogen-bond donors (Lipinski definition) is 1. The van der Waals surface area contributed by atoms with Crippen molar-refractivity contribution in [3.63, 3.8) is 0 Å². The van der Waals surface area contributed by atoms with Crippen LogP contribution in [0.5, 0.6) is 0 Å². The monoisotopic (exact) mass is 335 g/mol. The van der Waals surface area contributed by atoms with Gasteiger partial charge in [-0.2, -0.15) is 5.10 Å². The highest BCUT2D eigenvalue weighted by atomic mass is 16.1. The molecular weight excluding hydrogens is 318 g/mol. The molecule has 8 heteroatoms. The zero-order chi connectivity index (χ0) is 17.4. The van der Waals surface area contributed by atoms with E-state index in [1.54, 1.807) is 17.9 Å². The second-order valence-electron chi connectivity index (χ2n) is 6.04. The fraction of sp³-hybridized carbons (Fsp3) is 0.235. The van der Waals surface area contributed by atoms with Crippen LogP contribution in [0.15, 0.2) is 41.5 Å². The first-order chi connectivity index (χ1) is 12.1. The number of nitrogens with one attached hydrogen (secondary N) is 1. The lowest BCUT2D eigenvalue weighted by atomic mass is 10.3. The van der Waals surface area contributed by atoms with Crippen molar-refractivity contribution in [1.29, 1.82) is 0 Å². The molecule has 0 saturated carbocycles. The smallest absolute Gasteiger partial charge is 0.262 e. The van der Waals surface area contributed by atoms with Crippen LogP contribution < -0.4 is 5.56 Å². The molecule has 0 radical (unpaired) electrons. The van der Waals surface area contributed by atoms with Crippen LogP contribution in [-0.2, 0) is 20.1 Å². The number of aromatic amines is 1. The van der Waals surface area contributed by atoms with Crippen molar-refractivity contribution in [2.24, 2.45) is 7.05 Å². The van der Waals surface area contributed by atoms with Gasteiger partial charge in [-0.15, -0.1) is 0 Å². The van der Waals surface area contributed by atoms with Crippen LogP contribution in [0.25, 0.3) is 22.1 Å². The third kappa shape index (κ3) is 2.99. The number of aryl methyl sites for hydroxylation is 1. The fourth-order valence-electron chi connectivity index (χ4n) is 2.81. The predicted molar refractivity (Wildman–Crippen MR) is 93.8 cm³/mol. The summed E-state index contributed by atoms with van der Waals surface area (Å²) >= 11 is 0. The minimum absolute atomic E-state index is 0.174. The van der Waals surface area contributed by atoms with Crippen LogP contribution in [0, 0.1) is 0 Å². The maximum Gasteiger partial charge on any atom is 0.262 e. The van der Waals surface area contributed by atoms with E-state index in [1.165, 1.54) is 6.20 Å². The molecule has 0 bridgehead atoms. The molecule has 0 saturated heterocycles. The summed E-state index contributed by atoms with van der Waals surface area (Å²) < 4.78 is 1.60. The van der Waals surface area contributed by atoms with E-state index in [9.17, 15) is 4.79 Å². The van der Waals surface area contributed by atoms with Gasteiger partial charge in [0.05, 0.1) is 35.7 Å². The molecule has 25 heavy (non-hydrogen) atoms. The Bertz CT molecular complexity index is 1110. The van der Waals surface area contributed by atoms with Gasteiger partial charge in [0.25, 0.3) is 5.56 Å². The molecule has 0 atom stereocenters. The van der Waals surface area contributed by atoms with Gasteiger partial charge >= 0.3 is 0 Å². The first-order valence-corrected chi connectivity index (χ1v) is 7.90. The van der Waals surface area contributed by atoms with Crippen molar-refractivity contribution < 1.29 is 0 Å². The zero-order valence-electron chi connectivity index (χ0n) is 14.0. The van der Waals surface area contributed by atoms with Gasteiger partial charge in [-0.1, -0.05) is 12.1 Å². The van der Waals surface area contributed by atoms with Gasteiger partial charge < -0.3 is 4.98 Å². The standard InChI is InChI=1S/C17H17N7O/c1-23(9-11-7-18-13-5-3-4-6-14(13)20-11)10-15-21-16-12(17(25)22-15)8-19-24(16)2/h3-8H,9-10H2,1-2H3,(H,21,22,25). The normalized spacial score (nSPS) is 11.6. The SMILES string of the molecule is CN(Cc1cnc2ccccc2n1)Cc1nc2c(cnn2C)c(=O)[nH]1. The van der Waals surface area contributed by atoms with Crippen LogP contribution in [0.1, 0.15) is 11.5 Å². The third-order valence-electron chi connectivity index (χ3n) is 4.00. The first-order valence-electron chi connectivity index (χ1n) is 7.90. The number of rotatable bonds is 4. The maximum absolute atomic E-state index is 12.1. The second kappa shape index (κ2) is 6.06. The van der Waals surface area contributed by atoms with Gasteiger partial charge in [0.1, 0.15) is 11.2 Å². The minimum atomic E-state index is -0.174. The van der Waals surface area contributed by atoms with Crippen LogP contribution in [0.4, 0.5) is 0 Å². The van der Waals surface area contributed by atoms with Crippen molar-refractivity contribution >= 4 is 22.1 Å². The Kier molecular flexibility index (Phi) is 3.73. The zero-order valence-corrected chi connectivity index (χ0v) is 14.0. The third-order valence-corrected chi connectivity index (χ3v) is 4.00. The molecule has 4 rings (SSSR count). The largest absolute Gasteiger partial charge is 0.309 e. The van der Waals surface area contributed by atoms with Crippen molar-refractivity contribution in [1.82, 2.24) is 34.6 Å². The molecule has 1 N–H and O–H groups in total. The number of nitrogens with zero attached hydrogens (tertiary/aromatic N) is 6. The Hall–Kier alpha value is -3.13. The maximum atomic E-state index is 12.1. The molecular formula is C17H17N7O. The second-order valence-corrected chi connectivity index (χ2v) is 6.04. The van der Waals surface area contributed by atoms with Crippen molar-refractivity contribution in [3.8, 4) is 0 Å².